The van der Waals surface area contributed by atoms with E-state index in [1.807, 2.05) is 84.9 Å². The Hall–Kier alpha value is -2.67. The highest BCUT2D eigenvalue weighted by atomic mass is 31.2. The van der Waals surface area contributed by atoms with Gasteiger partial charge in [-0.2, -0.15) is 0 Å². The van der Waals surface area contributed by atoms with Gasteiger partial charge in [-0.15, -0.1) is 0 Å². The van der Waals surface area contributed by atoms with Crippen LogP contribution in [0.15, 0.2) is 103 Å². The molecule has 1 atom stereocenters. The maximum Gasteiger partial charge on any atom is 0.261 e. The van der Waals surface area contributed by atoms with Crippen LogP contribution in [0.3, 0.4) is 0 Å². The standard InChI is InChI=1S/C24H21O2P/c25-27(23-13-5-2-6-14-23,26-18-17-20-9-3-1-4-10-20)24-16-15-21-11-7-8-12-22(21)19-24/h1-16,19H,17-18H2/t27-/m1/s1. The molecular weight excluding hydrogens is 351 g/mol. The van der Waals surface area contributed by atoms with E-state index in [0.29, 0.717) is 6.61 Å². The molecule has 134 valence electrons. The molecule has 0 fully saturated rings. The molecule has 0 aliphatic heterocycles. The summed E-state index contributed by atoms with van der Waals surface area (Å²) in [6, 6.07) is 33.7. The first-order chi connectivity index (χ1) is 13.3. The smallest absolute Gasteiger partial charge is 0.261 e. The van der Waals surface area contributed by atoms with Gasteiger partial charge in [0.25, 0.3) is 7.37 Å². The van der Waals surface area contributed by atoms with Gasteiger partial charge in [0.05, 0.1) is 6.61 Å². The second-order valence-corrected chi connectivity index (χ2v) is 8.88. The minimum absolute atomic E-state index is 0.406. The van der Waals surface area contributed by atoms with E-state index in [0.717, 1.165) is 27.8 Å². The Morgan fingerprint density at radius 1 is 0.630 bits per heavy atom. The maximum absolute atomic E-state index is 14.0. The van der Waals surface area contributed by atoms with Crippen molar-refractivity contribution in [2.45, 2.75) is 6.42 Å². The van der Waals surface area contributed by atoms with Crippen LogP contribution >= 0.6 is 7.37 Å². The van der Waals surface area contributed by atoms with E-state index in [1.54, 1.807) is 0 Å². The zero-order valence-corrected chi connectivity index (χ0v) is 15.9. The summed E-state index contributed by atoms with van der Waals surface area (Å²) in [5, 5.41) is 3.66. The summed E-state index contributed by atoms with van der Waals surface area (Å²) >= 11 is 0. The van der Waals surface area contributed by atoms with Crippen LogP contribution in [0.2, 0.25) is 0 Å². The third-order valence-electron chi connectivity index (χ3n) is 4.68. The summed E-state index contributed by atoms with van der Waals surface area (Å²) < 4.78 is 20.1. The van der Waals surface area contributed by atoms with Crippen LogP contribution in [0, 0.1) is 0 Å². The quantitative estimate of drug-likeness (QED) is 0.428. The van der Waals surface area contributed by atoms with Gasteiger partial charge in [0.1, 0.15) is 0 Å². The molecule has 3 heteroatoms. The topological polar surface area (TPSA) is 26.3 Å². The molecule has 0 aliphatic carbocycles. The SMILES string of the molecule is O=[P@@](OCCc1ccccc1)(c1ccccc1)c1ccc2ccccc2c1. The second-order valence-electron chi connectivity index (χ2n) is 6.49. The van der Waals surface area contributed by atoms with E-state index in [4.69, 9.17) is 4.52 Å². The van der Waals surface area contributed by atoms with E-state index in [2.05, 4.69) is 18.2 Å². The molecule has 0 heterocycles. The van der Waals surface area contributed by atoms with E-state index >= 15 is 0 Å². The Balaban J connectivity index is 1.68. The molecule has 0 N–H and O–H groups in total. The first-order valence-corrected chi connectivity index (χ1v) is 10.7. The van der Waals surface area contributed by atoms with Gasteiger partial charge >= 0.3 is 0 Å². The Labute approximate surface area is 159 Å². The number of benzene rings is 4. The predicted molar refractivity (Wildman–Crippen MR) is 113 cm³/mol. The van der Waals surface area contributed by atoms with Crippen LogP contribution in [0.5, 0.6) is 0 Å². The van der Waals surface area contributed by atoms with Crippen LogP contribution in [0.25, 0.3) is 10.8 Å². The Bertz CT molecular complexity index is 1080. The predicted octanol–water partition coefficient (Wildman–Crippen LogP) is 5.33. The van der Waals surface area contributed by atoms with Crippen molar-refractivity contribution in [1.82, 2.24) is 0 Å². The molecule has 4 rings (SSSR count). The normalized spacial score (nSPS) is 13.3. The fourth-order valence-electron chi connectivity index (χ4n) is 3.22. The molecule has 0 saturated heterocycles. The van der Waals surface area contributed by atoms with Crippen LogP contribution in [0.1, 0.15) is 5.56 Å². The number of hydrogen-bond acceptors (Lipinski definition) is 2. The summed E-state index contributed by atoms with van der Waals surface area (Å²) in [6.45, 7) is 0.406. The summed E-state index contributed by atoms with van der Waals surface area (Å²) in [6.07, 6.45) is 0.727. The summed E-state index contributed by atoms with van der Waals surface area (Å²) in [5.41, 5.74) is 1.18. The third kappa shape index (κ3) is 3.88. The minimum Gasteiger partial charge on any atom is -0.322 e. The number of rotatable bonds is 6. The fourth-order valence-corrected chi connectivity index (χ4v) is 5.31. The molecule has 0 unspecified atom stereocenters. The highest BCUT2D eigenvalue weighted by Gasteiger charge is 2.28. The molecule has 0 aliphatic rings. The largest absolute Gasteiger partial charge is 0.322 e. The van der Waals surface area contributed by atoms with Gasteiger partial charge in [0, 0.05) is 10.6 Å². The molecule has 0 bridgehead atoms. The molecule has 27 heavy (non-hydrogen) atoms. The molecule has 4 aromatic carbocycles. The summed E-state index contributed by atoms with van der Waals surface area (Å²) in [5.74, 6) is 0. The van der Waals surface area contributed by atoms with Crippen molar-refractivity contribution in [3.63, 3.8) is 0 Å². The van der Waals surface area contributed by atoms with Crippen molar-refractivity contribution in [2.24, 2.45) is 0 Å². The van der Waals surface area contributed by atoms with E-state index in [9.17, 15) is 4.57 Å². The van der Waals surface area contributed by atoms with Gasteiger partial charge in [-0.1, -0.05) is 78.9 Å². The monoisotopic (exact) mass is 372 g/mol. The van der Waals surface area contributed by atoms with Crippen LogP contribution < -0.4 is 10.6 Å². The molecule has 0 amide bonds. The molecule has 0 spiro atoms. The van der Waals surface area contributed by atoms with E-state index in [1.165, 1.54) is 5.56 Å². The van der Waals surface area contributed by atoms with E-state index < -0.39 is 7.37 Å². The van der Waals surface area contributed by atoms with Crippen LogP contribution in [0.4, 0.5) is 0 Å². The van der Waals surface area contributed by atoms with Gasteiger partial charge in [-0.05, 0) is 47.0 Å². The van der Waals surface area contributed by atoms with Crippen LogP contribution in [-0.4, -0.2) is 6.61 Å². The molecule has 2 nitrogen and oxygen atoms in total. The average molecular weight is 372 g/mol. The number of hydrogen-bond donors (Lipinski definition) is 0. The van der Waals surface area contributed by atoms with Gasteiger partial charge in [0.2, 0.25) is 0 Å². The maximum atomic E-state index is 14.0. The molecule has 4 aromatic rings. The first kappa shape index (κ1) is 17.7. The highest BCUT2D eigenvalue weighted by molar-refractivity contribution is 7.74. The molecular formula is C24H21O2P. The first-order valence-electron chi connectivity index (χ1n) is 9.09. The van der Waals surface area contributed by atoms with Crippen molar-refractivity contribution >= 4 is 28.8 Å². The Morgan fingerprint density at radius 3 is 2.00 bits per heavy atom. The summed E-state index contributed by atoms with van der Waals surface area (Å²) in [4.78, 5) is 0. The lowest BCUT2D eigenvalue weighted by Gasteiger charge is -2.20. The summed E-state index contributed by atoms with van der Waals surface area (Å²) in [7, 11) is -3.17. The number of fused-ring (bicyclic) bond motifs is 1. The molecule has 0 aromatic heterocycles. The van der Waals surface area contributed by atoms with Crippen molar-refractivity contribution in [2.75, 3.05) is 6.61 Å². The van der Waals surface area contributed by atoms with E-state index in [-0.39, 0.29) is 0 Å². The van der Waals surface area contributed by atoms with Gasteiger partial charge in [0.15, 0.2) is 0 Å². The zero-order valence-electron chi connectivity index (χ0n) is 15.0. The lowest BCUT2D eigenvalue weighted by Crippen LogP contribution is -2.19. The van der Waals surface area contributed by atoms with Gasteiger partial charge in [-0.25, -0.2) is 0 Å². The fraction of sp³-hybridized carbons (Fsp3) is 0.0833. The lowest BCUT2D eigenvalue weighted by molar-refractivity contribution is 0.331. The Morgan fingerprint density at radius 2 is 1.26 bits per heavy atom. The van der Waals surface area contributed by atoms with Crippen molar-refractivity contribution < 1.29 is 9.09 Å². The molecule has 0 radical (unpaired) electrons. The minimum atomic E-state index is -3.17. The average Bonchev–Trinajstić information content (AvgIpc) is 2.74. The third-order valence-corrected chi connectivity index (χ3v) is 7.16. The molecule has 0 saturated carbocycles. The van der Waals surface area contributed by atoms with Crippen molar-refractivity contribution in [3.8, 4) is 0 Å². The van der Waals surface area contributed by atoms with Gasteiger partial charge < -0.3 is 4.52 Å². The highest BCUT2D eigenvalue weighted by Crippen LogP contribution is 2.45. The van der Waals surface area contributed by atoms with Crippen molar-refractivity contribution in [3.05, 3.63) is 109 Å². The zero-order chi connectivity index (χ0) is 18.5. The van der Waals surface area contributed by atoms with Crippen LogP contribution in [-0.2, 0) is 15.5 Å². The Kier molecular flexibility index (Phi) is 5.20. The van der Waals surface area contributed by atoms with Crippen molar-refractivity contribution in [1.29, 1.82) is 0 Å². The lowest BCUT2D eigenvalue weighted by atomic mass is 10.1. The van der Waals surface area contributed by atoms with Gasteiger partial charge in [-0.3, -0.25) is 4.57 Å². The second kappa shape index (κ2) is 7.92.